The van der Waals surface area contributed by atoms with Gasteiger partial charge < -0.3 is 9.84 Å². The van der Waals surface area contributed by atoms with Crippen LogP contribution in [0.25, 0.3) is 0 Å². The lowest BCUT2D eigenvalue weighted by molar-refractivity contribution is -0.144. The highest BCUT2D eigenvalue weighted by molar-refractivity contribution is 5.69. The Balaban J connectivity index is 2.12. The molecule has 5 atom stereocenters. The zero-order chi connectivity index (χ0) is 21.8. The fourth-order valence-electron chi connectivity index (χ4n) is 5.93. The molecule has 2 aliphatic rings. The van der Waals surface area contributed by atoms with Crippen LogP contribution in [-0.4, -0.2) is 23.7 Å². The lowest BCUT2D eigenvalue weighted by atomic mass is 9.46. The van der Waals surface area contributed by atoms with Crippen molar-refractivity contribution in [3.05, 3.63) is 11.6 Å². The van der Waals surface area contributed by atoms with Gasteiger partial charge in [0, 0.05) is 12.8 Å². The van der Waals surface area contributed by atoms with Crippen molar-refractivity contribution in [3.63, 3.8) is 0 Å². The summed E-state index contributed by atoms with van der Waals surface area (Å²) in [7, 11) is 0. The van der Waals surface area contributed by atoms with Crippen molar-refractivity contribution in [1.29, 1.82) is 0 Å². The van der Waals surface area contributed by atoms with E-state index in [1.165, 1.54) is 18.4 Å². The van der Waals surface area contributed by atoms with Gasteiger partial charge in [-0.2, -0.15) is 0 Å². The molecule has 0 aliphatic heterocycles. The van der Waals surface area contributed by atoms with E-state index in [4.69, 9.17) is 9.84 Å². The maximum absolute atomic E-state index is 12.1. The lowest BCUT2D eigenvalue weighted by Gasteiger charge is -2.58. The zero-order valence-electron chi connectivity index (χ0n) is 19.4. The minimum Gasteiger partial charge on any atom is -0.481 e. The molecule has 1 N–H and O–H groups in total. The third-order valence-corrected chi connectivity index (χ3v) is 8.03. The van der Waals surface area contributed by atoms with Crippen LogP contribution in [0.15, 0.2) is 11.6 Å². The molecule has 29 heavy (non-hydrogen) atoms. The summed E-state index contributed by atoms with van der Waals surface area (Å²) < 4.78 is 5.67. The number of hydrogen-bond acceptors (Lipinski definition) is 3. The van der Waals surface area contributed by atoms with Crippen molar-refractivity contribution in [1.82, 2.24) is 0 Å². The molecule has 2 aliphatic carbocycles. The Bertz CT molecular complexity index is 622. The molecule has 4 heteroatoms. The maximum Gasteiger partial charge on any atom is 0.306 e. The number of carbonyl (C=O) groups is 2. The number of esters is 1. The molecule has 0 spiro atoms. The molecule has 4 nitrogen and oxygen atoms in total. The van der Waals surface area contributed by atoms with Crippen LogP contribution in [0.5, 0.6) is 0 Å². The number of hydrogen-bond donors (Lipinski definition) is 1. The molecule has 0 radical (unpaired) electrons. The van der Waals surface area contributed by atoms with Gasteiger partial charge in [0.25, 0.3) is 0 Å². The molecule has 0 unspecified atom stereocenters. The first-order chi connectivity index (χ1) is 13.5. The highest BCUT2D eigenvalue weighted by Gasteiger charge is 2.53. The highest BCUT2D eigenvalue weighted by atomic mass is 16.5. The van der Waals surface area contributed by atoms with Gasteiger partial charge in [0.15, 0.2) is 0 Å². The first kappa shape index (κ1) is 24.0. The number of carbonyl (C=O) groups excluding carboxylic acids is 1. The van der Waals surface area contributed by atoms with Crippen LogP contribution in [-0.2, 0) is 14.3 Å². The molecule has 0 amide bonds. The van der Waals surface area contributed by atoms with Gasteiger partial charge in [-0.1, -0.05) is 47.6 Å². The minimum absolute atomic E-state index is 0.0770. The van der Waals surface area contributed by atoms with Crippen LogP contribution in [0.3, 0.4) is 0 Å². The number of fused-ring (bicyclic) bond motifs is 1. The van der Waals surface area contributed by atoms with Gasteiger partial charge in [-0.15, -0.1) is 0 Å². The van der Waals surface area contributed by atoms with E-state index in [2.05, 4.69) is 33.8 Å². The summed E-state index contributed by atoms with van der Waals surface area (Å²) in [5.74, 6) is 0.912. The number of aliphatic carboxylic acids is 1. The van der Waals surface area contributed by atoms with Crippen LogP contribution in [0.4, 0.5) is 0 Å². The topological polar surface area (TPSA) is 63.6 Å². The zero-order valence-corrected chi connectivity index (χ0v) is 19.4. The number of allylic oxidation sites excluding steroid dienone is 1. The molecule has 0 aromatic rings. The van der Waals surface area contributed by atoms with Crippen LogP contribution >= 0.6 is 0 Å². The summed E-state index contributed by atoms with van der Waals surface area (Å²) in [5.41, 5.74) is 1.58. The number of rotatable bonds is 9. The third-order valence-electron chi connectivity index (χ3n) is 8.03. The Labute approximate surface area is 177 Å². The van der Waals surface area contributed by atoms with E-state index < -0.39 is 5.97 Å². The van der Waals surface area contributed by atoms with Crippen LogP contribution in [0.1, 0.15) is 92.9 Å². The molecule has 0 aromatic carbocycles. The third kappa shape index (κ3) is 5.64. The molecular formula is C25H42O4. The van der Waals surface area contributed by atoms with E-state index in [1.807, 2.05) is 13.8 Å². The summed E-state index contributed by atoms with van der Waals surface area (Å²) in [6.45, 7) is 13.8. The van der Waals surface area contributed by atoms with Gasteiger partial charge in [-0.3, -0.25) is 9.59 Å². The normalized spacial score (nSPS) is 33.0. The fourth-order valence-corrected chi connectivity index (χ4v) is 5.93. The van der Waals surface area contributed by atoms with E-state index in [0.717, 1.165) is 25.7 Å². The van der Waals surface area contributed by atoms with E-state index in [9.17, 15) is 9.59 Å². The molecule has 1 saturated carbocycles. The first-order valence-corrected chi connectivity index (χ1v) is 11.6. The molecule has 1 fully saturated rings. The molecule has 2 rings (SSSR count). The van der Waals surface area contributed by atoms with E-state index in [1.54, 1.807) is 0 Å². The SMILES string of the molecule is CC(C)CC(=O)OCC1=CCC[C@@H]2[C@@](C)(CC[C@@H](C)CC(=O)O)[C@@H](C)CC[C@@]12C. The lowest BCUT2D eigenvalue weighted by Crippen LogP contribution is -2.50. The molecule has 0 heterocycles. The second-order valence-electron chi connectivity index (χ2n) is 10.7. The summed E-state index contributed by atoms with van der Waals surface area (Å²) in [6, 6.07) is 0. The summed E-state index contributed by atoms with van der Waals surface area (Å²) >= 11 is 0. The standard InChI is InChI=1S/C25H42O4/c1-17(2)14-23(28)29-16-20-8-7-9-21-24(5,12-10-18(3)15-22(26)27)19(4)11-13-25(20,21)6/h8,17-19,21H,7,9-16H2,1-6H3,(H,26,27)/t18-,19+,21-,24+,25+/m1/s1. The van der Waals surface area contributed by atoms with Gasteiger partial charge in [0.2, 0.25) is 0 Å². The van der Waals surface area contributed by atoms with Gasteiger partial charge in [0.05, 0.1) is 0 Å². The highest BCUT2D eigenvalue weighted by Crippen LogP contribution is 2.62. The van der Waals surface area contributed by atoms with Crippen molar-refractivity contribution in [2.45, 2.75) is 92.9 Å². The monoisotopic (exact) mass is 406 g/mol. The quantitative estimate of drug-likeness (QED) is 0.363. The van der Waals surface area contributed by atoms with Crippen molar-refractivity contribution in [2.75, 3.05) is 6.61 Å². The van der Waals surface area contributed by atoms with Crippen molar-refractivity contribution in [3.8, 4) is 0 Å². The van der Waals surface area contributed by atoms with E-state index >= 15 is 0 Å². The van der Waals surface area contributed by atoms with E-state index in [-0.39, 0.29) is 29.1 Å². The maximum atomic E-state index is 12.1. The summed E-state index contributed by atoms with van der Waals surface area (Å²) in [6.07, 6.45) is 9.63. The van der Waals surface area contributed by atoms with Gasteiger partial charge >= 0.3 is 11.9 Å². The summed E-state index contributed by atoms with van der Waals surface area (Å²) in [4.78, 5) is 23.2. The second kappa shape index (κ2) is 9.66. The Kier molecular flexibility index (Phi) is 7.98. The fraction of sp³-hybridized carbons (Fsp3) is 0.840. The molecule has 166 valence electrons. The Hall–Kier alpha value is -1.32. The number of carboxylic acid groups (broad SMARTS) is 1. The van der Waals surface area contributed by atoms with Gasteiger partial charge in [-0.05, 0) is 78.6 Å². The largest absolute Gasteiger partial charge is 0.481 e. The number of ether oxygens (including phenoxy) is 1. The van der Waals surface area contributed by atoms with Crippen LogP contribution < -0.4 is 0 Å². The summed E-state index contributed by atoms with van der Waals surface area (Å²) in [5, 5.41) is 9.11. The molecule has 0 saturated heterocycles. The van der Waals surface area contributed by atoms with Crippen molar-refractivity contribution < 1.29 is 19.4 Å². The Morgan fingerprint density at radius 1 is 1.21 bits per heavy atom. The molecule has 0 aromatic heterocycles. The average molecular weight is 407 g/mol. The number of carboxylic acids is 1. The Morgan fingerprint density at radius 2 is 1.90 bits per heavy atom. The van der Waals surface area contributed by atoms with Crippen LogP contribution in [0.2, 0.25) is 0 Å². The van der Waals surface area contributed by atoms with E-state index in [0.29, 0.717) is 30.8 Å². The first-order valence-electron chi connectivity index (χ1n) is 11.6. The molecular weight excluding hydrogens is 364 g/mol. The average Bonchev–Trinajstić information content (AvgIpc) is 2.61. The van der Waals surface area contributed by atoms with Crippen LogP contribution in [0, 0.1) is 34.5 Å². The van der Waals surface area contributed by atoms with Gasteiger partial charge in [0.1, 0.15) is 6.61 Å². The van der Waals surface area contributed by atoms with Crippen molar-refractivity contribution in [2.24, 2.45) is 34.5 Å². The smallest absolute Gasteiger partial charge is 0.306 e. The Morgan fingerprint density at radius 3 is 2.52 bits per heavy atom. The van der Waals surface area contributed by atoms with Crippen molar-refractivity contribution >= 4 is 11.9 Å². The minimum atomic E-state index is -0.699. The predicted molar refractivity (Wildman–Crippen MR) is 116 cm³/mol. The second-order valence-corrected chi connectivity index (χ2v) is 10.7. The molecule has 0 bridgehead atoms. The predicted octanol–water partition coefficient (Wildman–Crippen LogP) is 6.25. The van der Waals surface area contributed by atoms with Gasteiger partial charge in [-0.25, -0.2) is 0 Å².